The molecule has 106 valence electrons. The number of pyridine rings is 1. The second-order valence-corrected chi connectivity index (χ2v) is 7.19. The molecule has 7 heteroatoms. The molecule has 0 fully saturated rings. The molecule has 0 aliphatic heterocycles. The smallest absolute Gasteiger partial charge is 0.264 e. The van der Waals surface area contributed by atoms with Crippen LogP contribution >= 0.6 is 27.5 Å². The van der Waals surface area contributed by atoms with Crippen LogP contribution in [0.2, 0.25) is 5.02 Å². The van der Waals surface area contributed by atoms with Crippen molar-refractivity contribution in [3.8, 4) is 0 Å². The summed E-state index contributed by atoms with van der Waals surface area (Å²) in [7, 11) is -3.75. The van der Waals surface area contributed by atoms with Crippen molar-refractivity contribution in [1.29, 1.82) is 0 Å². The van der Waals surface area contributed by atoms with E-state index in [0.717, 1.165) is 15.6 Å². The van der Waals surface area contributed by atoms with E-state index in [0.29, 0.717) is 5.69 Å². The third-order valence-corrected chi connectivity index (χ3v) is 5.81. The molecular formula is C13H12BrClN2O2S. The number of sulfonamides is 1. The predicted octanol–water partition coefficient (Wildman–Crippen LogP) is 3.92. The minimum absolute atomic E-state index is 0.0418. The van der Waals surface area contributed by atoms with Crippen LogP contribution in [-0.2, 0) is 10.0 Å². The lowest BCUT2D eigenvalue weighted by molar-refractivity contribution is 0.601. The van der Waals surface area contributed by atoms with Crippen LogP contribution in [0.15, 0.2) is 40.0 Å². The van der Waals surface area contributed by atoms with Gasteiger partial charge in [0.15, 0.2) is 0 Å². The van der Waals surface area contributed by atoms with E-state index in [1.54, 1.807) is 12.1 Å². The van der Waals surface area contributed by atoms with E-state index < -0.39 is 10.0 Å². The number of hydrogen-bond acceptors (Lipinski definition) is 3. The van der Waals surface area contributed by atoms with E-state index in [1.807, 2.05) is 13.8 Å². The molecule has 20 heavy (non-hydrogen) atoms. The van der Waals surface area contributed by atoms with Crippen LogP contribution in [0.1, 0.15) is 11.1 Å². The number of aromatic nitrogens is 1. The van der Waals surface area contributed by atoms with Crippen molar-refractivity contribution in [2.75, 3.05) is 4.72 Å². The second kappa shape index (κ2) is 5.71. The molecule has 0 unspecified atom stereocenters. The SMILES string of the molecule is Cc1cc(NS(=O)(=O)c2cnccc2Cl)cc(C)c1Br. The Morgan fingerprint density at radius 3 is 2.40 bits per heavy atom. The normalized spacial score (nSPS) is 11.4. The summed E-state index contributed by atoms with van der Waals surface area (Å²) in [6.07, 6.45) is 2.67. The Morgan fingerprint density at radius 1 is 1.25 bits per heavy atom. The third kappa shape index (κ3) is 3.13. The van der Waals surface area contributed by atoms with Crippen LogP contribution in [0, 0.1) is 13.8 Å². The molecule has 4 nitrogen and oxygen atoms in total. The van der Waals surface area contributed by atoms with Gasteiger partial charge in [0.2, 0.25) is 0 Å². The van der Waals surface area contributed by atoms with E-state index >= 15 is 0 Å². The average molecular weight is 376 g/mol. The first kappa shape index (κ1) is 15.3. The van der Waals surface area contributed by atoms with Crippen LogP contribution in [0.4, 0.5) is 5.69 Å². The summed E-state index contributed by atoms with van der Waals surface area (Å²) in [6.45, 7) is 3.79. The fourth-order valence-corrected chi connectivity index (χ4v) is 3.48. The number of aryl methyl sites for hydroxylation is 2. The fourth-order valence-electron chi connectivity index (χ4n) is 1.78. The zero-order valence-corrected chi connectivity index (χ0v) is 14.0. The first-order valence-electron chi connectivity index (χ1n) is 5.70. The molecule has 0 saturated carbocycles. The molecule has 2 aromatic rings. The van der Waals surface area contributed by atoms with Gasteiger partial charge in [0.05, 0.1) is 5.02 Å². The van der Waals surface area contributed by atoms with E-state index in [9.17, 15) is 8.42 Å². The minimum Gasteiger partial charge on any atom is -0.280 e. The summed E-state index contributed by atoms with van der Waals surface area (Å²) >= 11 is 9.34. The summed E-state index contributed by atoms with van der Waals surface area (Å²) in [5.41, 5.74) is 2.38. The van der Waals surface area contributed by atoms with E-state index in [2.05, 4.69) is 25.6 Å². The molecular weight excluding hydrogens is 364 g/mol. The second-order valence-electron chi connectivity index (χ2n) is 4.34. The summed E-state index contributed by atoms with van der Waals surface area (Å²) in [4.78, 5) is 3.75. The van der Waals surface area contributed by atoms with Gasteiger partial charge in [0, 0.05) is 22.6 Å². The van der Waals surface area contributed by atoms with Crippen LogP contribution in [0.3, 0.4) is 0 Å². The van der Waals surface area contributed by atoms with E-state index in [-0.39, 0.29) is 9.92 Å². The highest BCUT2D eigenvalue weighted by atomic mass is 79.9. The molecule has 0 spiro atoms. The largest absolute Gasteiger partial charge is 0.280 e. The summed E-state index contributed by atoms with van der Waals surface area (Å²) in [6, 6.07) is 4.94. The quantitative estimate of drug-likeness (QED) is 0.884. The van der Waals surface area contributed by atoms with Crippen LogP contribution < -0.4 is 4.72 Å². The molecule has 0 atom stereocenters. The van der Waals surface area contributed by atoms with Gasteiger partial charge in [-0.25, -0.2) is 8.42 Å². The lowest BCUT2D eigenvalue weighted by Crippen LogP contribution is -2.14. The Labute approximate surface area is 131 Å². The van der Waals surface area contributed by atoms with Gasteiger partial charge in [0.25, 0.3) is 10.0 Å². The number of halogens is 2. The first-order valence-corrected chi connectivity index (χ1v) is 8.36. The number of nitrogens with one attached hydrogen (secondary N) is 1. The molecule has 0 aliphatic carbocycles. The topological polar surface area (TPSA) is 59.1 Å². The Bertz CT molecular complexity index is 740. The lowest BCUT2D eigenvalue weighted by atomic mass is 10.1. The fraction of sp³-hybridized carbons (Fsp3) is 0.154. The van der Waals surface area contributed by atoms with Gasteiger partial charge in [0.1, 0.15) is 4.90 Å². The molecule has 0 bridgehead atoms. The van der Waals surface area contributed by atoms with E-state index in [4.69, 9.17) is 11.6 Å². The third-order valence-electron chi connectivity index (χ3n) is 2.71. The molecule has 0 amide bonds. The molecule has 1 heterocycles. The van der Waals surface area contributed by atoms with Crippen LogP contribution in [0.25, 0.3) is 0 Å². The number of nitrogens with zero attached hydrogens (tertiary/aromatic N) is 1. The van der Waals surface area contributed by atoms with Gasteiger partial charge in [-0.1, -0.05) is 27.5 Å². The zero-order chi connectivity index (χ0) is 14.9. The monoisotopic (exact) mass is 374 g/mol. The van der Waals surface area contributed by atoms with Gasteiger partial charge in [-0.15, -0.1) is 0 Å². The van der Waals surface area contributed by atoms with Gasteiger partial charge >= 0.3 is 0 Å². The Hall–Kier alpha value is -1.11. The molecule has 0 radical (unpaired) electrons. The minimum atomic E-state index is -3.75. The van der Waals surface area contributed by atoms with E-state index in [1.165, 1.54) is 18.5 Å². The lowest BCUT2D eigenvalue weighted by Gasteiger charge is -2.11. The molecule has 1 aromatic carbocycles. The Morgan fingerprint density at radius 2 is 1.85 bits per heavy atom. The Kier molecular flexibility index (Phi) is 4.36. The van der Waals surface area contributed by atoms with Crippen molar-refractivity contribution in [2.45, 2.75) is 18.7 Å². The van der Waals surface area contributed by atoms with Gasteiger partial charge in [-0.2, -0.15) is 0 Å². The average Bonchev–Trinajstić information content (AvgIpc) is 2.35. The Balaban J connectivity index is 2.42. The van der Waals surface area contributed by atoms with Crippen molar-refractivity contribution < 1.29 is 8.42 Å². The van der Waals surface area contributed by atoms with Gasteiger partial charge < -0.3 is 0 Å². The van der Waals surface area contributed by atoms with Crippen molar-refractivity contribution in [1.82, 2.24) is 4.98 Å². The maximum Gasteiger partial charge on any atom is 0.264 e. The molecule has 2 rings (SSSR count). The maximum absolute atomic E-state index is 12.3. The zero-order valence-electron chi connectivity index (χ0n) is 10.8. The molecule has 0 aliphatic rings. The number of hydrogen-bond donors (Lipinski definition) is 1. The highest BCUT2D eigenvalue weighted by Crippen LogP contribution is 2.27. The van der Waals surface area contributed by atoms with Crippen molar-refractivity contribution in [3.05, 3.63) is 51.2 Å². The van der Waals surface area contributed by atoms with Crippen molar-refractivity contribution >= 4 is 43.2 Å². The van der Waals surface area contributed by atoms with Crippen molar-refractivity contribution in [2.24, 2.45) is 0 Å². The predicted molar refractivity (Wildman–Crippen MR) is 83.7 cm³/mol. The molecule has 1 N–H and O–H groups in total. The van der Waals surface area contributed by atoms with Gasteiger partial charge in [-0.3, -0.25) is 9.71 Å². The summed E-state index contributed by atoms with van der Waals surface area (Å²) in [5.74, 6) is 0. The summed E-state index contributed by atoms with van der Waals surface area (Å²) in [5, 5.41) is 0.137. The maximum atomic E-state index is 12.3. The standard InChI is InChI=1S/C13H12BrClN2O2S/c1-8-5-10(6-9(2)13(8)14)17-20(18,19)12-7-16-4-3-11(12)15/h3-7,17H,1-2H3. The summed E-state index contributed by atoms with van der Waals surface area (Å²) < 4.78 is 28.0. The number of rotatable bonds is 3. The first-order chi connectivity index (χ1) is 9.31. The highest BCUT2D eigenvalue weighted by Gasteiger charge is 2.18. The number of anilines is 1. The number of benzene rings is 1. The van der Waals surface area contributed by atoms with Crippen LogP contribution in [-0.4, -0.2) is 13.4 Å². The molecule has 0 saturated heterocycles. The molecule has 1 aromatic heterocycles. The van der Waals surface area contributed by atoms with Crippen molar-refractivity contribution in [3.63, 3.8) is 0 Å². The van der Waals surface area contributed by atoms with Gasteiger partial charge in [-0.05, 0) is 43.2 Å². The highest BCUT2D eigenvalue weighted by molar-refractivity contribution is 9.10. The van der Waals surface area contributed by atoms with Crippen LogP contribution in [0.5, 0.6) is 0 Å².